The number of fused-ring (bicyclic) bond motifs is 1. The summed E-state index contributed by atoms with van der Waals surface area (Å²) in [4.78, 5) is 42.5. The molecule has 1 aromatic carbocycles. The van der Waals surface area contributed by atoms with Gasteiger partial charge in [0, 0.05) is 25.6 Å². The number of pyridine rings is 1. The van der Waals surface area contributed by atoms with E-state index in [0.29, 0.717) is 17.2 Å². The van der Waals surface area contributed by atoms with Crippen molar-refractivity contribution in [2.24, 2.45) is 0 Å². The van der Waals surface area contributed by atoms with Gasteiger partial charge in [0.05, 0.1) is 22.8 Å². The van der Waals surface area contributed by atoms with Gasteiger partial charge in [0.25, 0.3) is 5.69 Å². The summed E-state index contributed by atoms with van der Waals surface area (Å²) >= 11 is 0. The van der Waals surface area contributed by atoms with Gasteiger partial charge < -0.3 is 15.1 Å². The number of rotatable bonds is 4. The monoisotopic (exact) mass is 369 g/mol. The first kappa shape index (κ1) is 18.3. The summed E-state index contributed by atoms with van der Waals surface area (Å²) in [6, 6.07) is 9.69. The number of hydrogen-bond donors (Lipinski definition) is 1. The van der Waals surface area contributed by atoms with Crippen molar-refractivity contribution in [3.05, 3.63) is 52.7 Å². The quantitative estimate of drug-likeness (QED) is 0.654. The second-order valence-corrected chi connectivity index (χ2v) is 6.37. The van der Waals surface area contributed by atoms with E-state index in [1.165, 1.54) is 12.1 Å². The van der Waals surface area contributed by atoms with Gasteiger partial charge in [-0.1, -0.05) is 12.1 Å². The Bertz CT molecular complexity index is 884. The molecule has 1 aliphatic heterocycles. The van der Waals surface area contributed by atoms with Crippen LogP contribution in [0, 0.1) is 10.1 Å². The van der Waals surface area contributed by atoms with Crippen LogP contribution in [0.2, 0.25) is 0 Å². The van der Waals surface area contributed by atoms with Crippen LogP contribution < -0.4 is 15.1 Å². The molecule has 1 aliphatic rings. The van der Waals surface area contributed by atoms with Crippen molar-refractivity contribution in [2.45, 2.75) is 19.4 Å². The maximum absolute atomic E-state index is 13.0. The average molecular weight is 369 g/mol. The third kappa shape index (κ3) is 3.86. The molecule has 1 N–H and O–H groups in total. The van der Waals surface area contributed by atoms with Crippen LogP contribution in [0.4, 0.5) is 22.9 Å². The maximum atomic E-state index is 13.0. The summed E-state index contributed by atoms with van der Waals surface area (Å²) in [6.07, 6.45) is 1.35. The van der Waals surface area contributed by atoms with E-state index in [1.54, 1.807) is 35.0 Å². The van der Waals surface area contributed by atoms with E-state index in [9.17, 15) is 19.7 Å². The largest absolute Gasteiger partial charge is 0.350 e. The second-order valence-electron chi connectivity index (χ2n) is 6.37. The van der Waals surface area contributed by atoms with Crippen LogP contribution >= 0.6 is 0 Å². The fourth-order valence-electron chi connectivity index (χ4n) is 3.04. The van der Waals surface area contributed by atoms with E-state index < -0.39 is 4.92 Å². The number of anilines is 3. The molecule has 0 saturated heterocycles. The predicted molar refractivity (Wildman–Crippen MR) is 101 cm³/mol. The predicted octanol–water partition coefficient (Wildman–Crippen LogP) is 2.19. The van der Waals surface area contributed by atoms with E-state index in [4.69, 9.17) is 0 Å². The molecule has 27 heavy (non-hydrogen) atoms. The molecule has 0 spiro atoms. The zero-order chi connectivity index (χ0) is 19.6. The normalized spacial score (nSPS) is 16.1. The summed E-state index contributed by atoms with van der Waals surface area (Å²) < 4.78 is 0. The molecule has 1 aromatic heterocycles. The molecule has 140 valence electrons. The summed E-state index contributed by atoms with van der Waals surface area (Å²) in [6.45, 7) is 1.83. The smallest absolute Gasteiger partial charge is 0.287 e. The number of amides is 2. The van der Waals surface area contributed by atoms with Crippen LogP contribution in [0.25, 0.3) is 0 Å². The Balaban J connectivity index is 1.82. The van der Waals surface area contributed by atoms with E-state index in [-0.39, 0.29) is 36.5 Å². The van der Waals surface area contributed by atoms with Gasteiger partial charge in [-0.2, -0.15) is 0 Å². The number of hydrogen-bond acceptors (Lipinski definition) is 6. The fraction of sp³-hybridized carbons (Fsp3) is 0.278. The van der Waals surface area contributed by atoms with Crippen molar-refractivity contribution in [3.8, 4) is 0 Å². The van der Waals surface area contributed by atoms with Crippen molar-refractivity contribution in [3.63, 3.8) is 0 Å². The maximum Gasteiger partial charge on any atom is 0.287 e. The molecule has 9 heteroatoms. The van der Waals surface area contributed by atoms with Crippen molar-refractivity contribution < 1.29 is 14.5 Å². The Labute approximate surface area is 155 Å². The zero-order valence-electron chi connectivity index (χ0n) is 15.0. The molecular weight excluding hydrogens is 350 g/mol. The van der Waals surface area contributed by atoms with Gasteiger partial charge >= 0.3 is 0 Å². The van der Waals surface area contributed by atoms with Crippen molar-refractivity contribution in [1.82, 2.24) is 4.98 Å². The van der Waals surface area contributed by atoms with Crippen LogP contribution in [0.15, 0.2) is 42.6 Å². The van der Waals surface area contributed by atoms with Crippen LogP contribution in [-0.2, 0) is 9.59 Å². The van der Waals surface area contributed by atoms with Gasteiger partial charge in [0.1, 0.15) is 12.0 Å². The summed E-state index contributed by atoms with van der Waals surface area (Å²) in [5.41, 5.74) is 1.13. The number of aromatic nitrogens is 1. The lowest BCUT2D eigenvalue weighted by Crippen LogP contribution is -2.44. The van der Waals surface area contributed by atoms with E-state index in [0.717, 1.165) is 6.20 Å². The first-order valence-electron chi connectivity index (χ1n) is 8.39. The number of benzene rings is 1. The molecule has 0 saturated carbocycles. The van der Waals surface area contributed by atoms with E-state index in [2.05, 4.69) is 10.3 Å². The number of nitrogens with zero attached hydrogens (tertiary/aromatic N) is 4. The topological polar surface area (TPSA) is 109 Å². The highest BCUT2D eigenvalue weighted by Gasteiger charge is 2.30. The minimum atomic E-state index is -0.526. The number of nitro groups is 1. The Morgan fingerprint density at radius 3 is 2.78 bits per heavy atom. The SMILES string of the molecule is CC1CC(=O)Nc2ccccc2N1C(=O)CN(C)c1ccc([N+](=O)[O-])cn1. The summed E-state index contributed by atoms with van der Waals surface area (Å²) in [7, 11) is 1.68. The lowest BCUT2D eigenvalue weighted by Gasteiger charge is -2.30. The molecule has 0 aliphatic carbocycles. The van der Waals surface area contributed by atoms with E-state index in [1.807, 2.05) is 13.0 Å². The van der Waals surface area contributed by atoms with Crippen molar-refractivity contribution in [2.75, 3.05) is 28.7 Å². The van der Waals surface area contributed by atoms with E-state index >= 15 is 0 Å². The highest BCUT2D eigenvalue weighted by Crippen LogP contribution is 2.31. The zero-order valence-corrected chi connectivity index (χ0v) is 15.0. The Morgan fingerprint density at radius 2 is 2.11 bits per heavy atom. The van der Waals surface area contributed by atoms with Crippen LogP contribution in [-0.4, -0.2) is 41.4 Å². The fourth-order valence-corrected chi connectivity index (χ4v) is 3.04. The molecule has 1 atom stereocenters. The first-order valence-corrected chi connectivity index (χ1v) is 8.39. The van der Waals surface area contributed by atoms with Crippen LogP contribution in [0.1, 0.15) is 13.3 Å². The van der Waals surface area contributed by atoms with Gasteiger partial charge in [-0.3, -0.25) is 19.7 Å². The second kappa shape index (κ2) is 7.40. The molecule has 9 nitrogen and oxygen atoms in total. The van der Waals surface area contributed by atoms with Crippen molar-refractivity contribution in [1.29, 1.82) is 0 Å². The molecule has 2 amide bonds. The Kier molecular flexibility index (Phi) is 5.02. The van der Waals surface area contributed by atoms with Crippen LogP contribution in [0.3, 0.4) is 0 Å². The number of carbonyl (C=O) groups is 2. The molecule has 0 fully saturated rings. The highest BCUT2D eigenvalue weighted by atomic mass is 16.6. The average Bonchev–Trinajstić information content (AvgIpc) is 2.75. The Morgan fingerprint density at radius 1 is 1.37 bits per heavy atom. The molecule has 1 unspecified atom stereocenters. The molecule has 3 rings (SSSR count). The number of carbonyl (C=O) groups excluding carboxylic acids is 2. The summed E-state index contributed by atoms with van der Waals surface area (Å²) in [5, 5.41) is 13.6. The molecule has 0 radical (unpaired) electrons. The minimum Gasteiger partial charge on any atom is -0.350 e. The van der Waals surface area contributed by atoms with Gasteiger partial charge in [-0.15, -0.1) is 0 Å². The standard InChI is InChI=1S/C18H19N5O4/c1-12-9-17(24)20-14-5-3-4-6-15(14)22(12)18(25)11-21(2)16-8-7-13(10-19-16)23(26)27/h3-8,10,12H,9,11H2,1-2H3,(H,20,24). The first-order chi connectivity index (χ1) is 12.9. The van der Waals surface area contributed by atoms with Crippen LogP contribution in [0.5, 0.6) is 0 Å². The lowest BCUT2D eigenvalue weighted by molar-refractivity contribution is -0.385. The minimum absolute atomic E-state index is 0.0116. The third-order valence-electron chi connectivity index (χ3n) is 4.33. The molecular formula is C18H19N5O4. The summed E-state index contributed by atoms with van der Waals surface area (Å²) in [5.74, 6) is 0.101. The van der Waals surface area contributed by atoms with Gasteiger partial charge in [0.2, 0.25) is 11.8 Å². The number of nitrogens with one attached hydrogen (secondary N) is 1. The lowest BCUT2D eigenvalue weighted by atomic mass is 10.1. The number of para-hydroxylation sites is 2. The molecule has 2 aromatic rings. The molecule has 2 heterocycles. The molecule has 0 bridgehead atoms. The van der Waals surface area contributed by atoms with Gasteiger partial charge in [-0.25, -0.2) is 4.98 Å². The third-order valence-corrected chi connectivity index (χ3v) is 4.33. The van der Waals surface area contributed by atoms with Crippen molar-refractivity contribution >= 4 is 34.7 Å². The highest BCUT2D eigenvalue weighted by molar-refractivity contribution is 6.05. The van der Waals surface area contributed by atoms with Gasteiger partial charge in [-0.05, 0) is 25.1 Å². The number of likely N-dealkylation sites (N-methyl/N-ethyl adjacent to an activating group) is 1. The Hall–Kier alpha value is -3.49. The van der Waals surface area contributed by atoms with Gasteiger partial charge in [0.15, 0.2) is 0 Å².